The minimum Gasteiger partial charge on any atom is -0.381 e. The third kappa shape index (κ3) is 4.85. The van der Waals surface area contributed by atoms with Gasteiger partial charge in [0.05, 0.1) is 11.7 Å². The van der Waals surface area contributed by atoms with E-state index in [1.807, 2.05) is 72.9 Å². The van der Waals surface area contributed by atoms with Gasteiger partial charge in [-0.3, -0.25) is 9.48 Å². The summed E-state index contributed by atoms with van der Waals surface area (Å²) < 4.78 is 8.93. The number of nitrogens with two attached hydrogens (primary N) is 1. The summed E-state index contributed by atoms with van der Waals surface area (Å²) in [6.07, 6.45) is 6.74. The number of carbonyl (C=O) groups is 1. The number of nitrogens with zero attached hydrogens (tertiary/aromatic N) is 8. The first kappa shape index (κ1) is 26.0. The molecule has 2 N–H and O–H groups in total. The molecule has 11 nitrogen and oxygen atoms in total. The van der Waals surface area contributed by atoms with E-state index in [9.17, 15) is 10.1 Å². The topological polar surface area (TPSA) is 131 Å². The van der Waals surface area contributed by atoms with Crippen molar-refractivity contribution in [2.45, 2.75) is 6.10 Å². The highest BCUT2D eigenvalue weighted by molar-refractivity contribution is 5.90. The lowest BCUT2D eigenvalue weighted by Gasteiger charge is -2.36. The summed E-state index contributed by atoms with van der Waals surface area (Å²) in [4.78, 5) is 22.0. The molecule has 1 atom stereocenters. The van der Waals surface area contributed by atoms with Gasteiger partial charge in [0.15, 0.2) is 11.9 Å². The van der Waals surface area contributed by atoms with Gasteiger partial charge in [0, 0.05) is 81.2 Å². The van der Waals surface area contributed by atoms with Crippen molar-refractivity contribution in [2.75, 3.05) is 43.9 Å². The zero-order chi connectivity index (χ0) is 28.5. The average molecular weight is 548 g/mol. The number of aromatic nitrogens is 5. The lowest BCUT2D eigenvalue weighted by molar-refractivity contribution is -0.142. The van der Waals surface area contributed by atoms with Gasteiger partial charge in [0.2, 0.25) is 0 Å². The van der Waals surface area contributed by atoms with Crippen LogP contribution < -0.4 is 10.6 Å². The van der Waals surface area contributed by atoms with E-state index in [-0.39, 0.29) is 11.7 Å². The molecule has 0 radical (unpaired) electrons. The molecule has 1 aliphatic rings. The molecular formula is C30H29N9O2. The van der Waals surface area contributed by atoms with Gasteiger partial charge in [-0.05, 0) is 23.8 Å². The van der Waals surface area contributed by atoms with Crippen LogP contribution in [0, 0.1) is 11.3 Å². The Bertz CT molecular complexity index is 1740. The van der Waals surface area contributed by atoms with Crippen molar-refractivity contribution in [3.05, 3.63) is 84.4 Å². The standard InChI is InChI=1S/C30H29N9O2/c1-36-18-23(17-34-36)22-14-24(27-25(15-31)29(32)35-39(27)19-22)21-8-9-26(33-16-21)37-10-12-38(13-11-37)30(40)28(41-2)20-6-4-3-5-7-20/h3-9,14,16-19,28H,10-13H2,1-2H3,(H2,32,35)/t28-/m0/s1. The molecule has 0 spiro atoms. The Labute approximate surface area is 237 Å². The molecule has 1 aliphatic heterocycles. The van der Waals surface area contributed by atoms with Crippen LogP contribution in [0.3, 0.4) is 0 Å². The van der Waals surface area contributed by atoms with Gasteiger partial charge in [-0.25, -0.2) is 9.50 Å². The molecule has 0 aliphatic carbocycles. The van der Waals surface area contributed by atoms with Crippen molar-refractivity contribution >= 4 is 23.1 Å². The molecule has 206 valence electrons. The lowest BCUT2D eigenvalue weighted by atomic mass is 10.0. The molecular weight excluding hydrogens is 518 g/mol. The summed E-state index contributed by atoms with van der Waals surface area (Å²) in [6.45, 7) is 2.45. The Morgan fingerprint density at radius 1 is 1.02 bits per heavy atom. The number of nitrogen functional groups attached to an aromatic ring is 1. The van der Waals surface area contributed by atoms with Crippen molar-refractivity contribution in [1.29, 1.82) is 5.26 Å². The number of carbonyl (C=O) groups excluding carboxylic acids is 1. The number of fused-ring (bicyclic) bond motifs is 1. The predicted molar refractivity (Wildman–Crippen MR) is 155 cm³/mol. The second-order valence-corrected chi connectivity index (χ2v) is 9.95. The van der Waals surface area contributed by atoms with E-state index in [0.717, 1.165) is 33.6 Å². The number of pyridine rings is 2. The molecule has 1 fully saturated rings. The summed E-state index contributed by atoms with van der Waals surface area (Å²) in [5.41, 5.74) is 11.3. The molecule has 6 rings (SSSR count). The second-order valence-electron chi connectivity index (χ2n) is 9.95. The number of methoxy groups -OCH3 is 1. The first-order valence-electron chi connectivity index (χ1n) is 13.3. The summed E-state index contributed by atoms with van der Waals surface area (Å²) >= 11 is 0. The molecule has 1 amide bonds. The Hall–Kier alpha value is -5.21. The molecule has 5 heterocycles. The molecule has 5 aromatic rings. The van der Waals surface area contributed by atoms with Gasteiger partial charge < -0.3 is 20.3 Å². The molecule has 4 aromatic heterocycles. The third-order valence-electron chi connectivity index (χ3n) is 7.44. The van der Waals surface area contributed by atoms with Crippen LogP contribution in [0.1, 0.15) is 17.2 Å². The van der Waals surface area contributed by atoms with E-state index >= 15 is 0 Å². The number of hydrogen-bond donors (Lipinski definition) is 1. The fourth-order valence-electron chi connectivity index (χ4n) is 5.32. The van der Waals surface area contributed by atoms with Crippen LogP contribution in [0.15, 0.2) is 73.3 Å². The van der Waals surface area contributed by atoms with Gasteiger partial charge in [0.1, 0.15) is 17.5 Å². The van der Waals surface area contributed by atoms with Crippen molar-refractivity contribution in [2.24, 2.45) is 7.05 Å². The van der Waals surface area contributed by atoms with Crippen LogP contribution in [-0.2, 0) is 16.6 Å². The molecule has 41 heavy (non-hydrogen) atoms. The van der Waals surface area contributed by atoms with Crippen molar-refractivity contribution in [1.82, 2.24) is 29.3 Å². The van der Waals surface area contributed by atoms with Crippen LogP contribution in [0.4, 0.5) is 11.6 Å². The largest absolute Gasteiger partial charge is 0.381 e. The average Bonchev–Trinajstić information content (AvgIpc) is 3.59. The number of anilines is 2. The second kappa shape index (κ2) is 10.7. The minimum atomic E-state index is -0.615. The van der Waals surface area contributed by atoms with Crippen LogP contribution in [0.5, 0.6) is 0 Å². The quantitative estimate of drug-likeness (QED) is 0.343. The molecule has 0 unspecified atom stereocenters. The number of nitriles is 1. The highest BCUT2D eigenvalue weighted by atomic mass is 16.5. The summed E-state index contributed by atoms with van der Waals surface area (Å²) in [5.74, 6) is 0.963. The smallest absolute Gasteiger partial charge is 0.256 e. The monoisotopic (exact) mass is 547 g/mol. The van der Waals surface area contributed by atoms with Gasteiger partial charge in [-0.15, -0.1) is 5.10 Å². The van der Waals surface area contributed by atoms with Crippen molar-refractivity contribution in [3.63, 3.8) is 0 Å². The Kier molecular flexibility index (Phi) is 6.83. The molecule has 0 bridgehead atoms. The summed E-state index contributed by atoms with van der Waals surface area (Å²) in [6, 6.07) is 17.7. The number of piperazine rings is 1. The highest BCUT2D eigenvalue weighted by Gasteiger charge is 2.29. The first-order valence-corrected chi connectivity index (χ1v) is 13.3. The van der Waals surface area contributed by atoms with Crippen molar-refractivity contribution < 1.29 is 9.53 Å². The minimum absolute atomic E-state index is 0.0347. The van der Waals surface area contributed by atoms with E-state index in [0.29, 0.717) is 37.3 Å². The Morgan fingerprint density at radius 3 is 2.44 bits per heavy atom. The summed E-state index contributed by atoms with van der Waals surface area (Å²) in [7, 11) is 3.43. The molecule has 1 aromatic carbocycles. The third-order valence-corrected chi connectivity index (χ3v) is 7.44. The fourth-order valence-corrected chi connectivity index (χ4v) is 5.32. The number of benzene rings is 1. The highest BCUT2D eigenvalue weighted by Crippen LogP contribution is 2.34. The van der Waals surface area contributed by atoms with E-state index in [1.165, 1.54) is 0 Å². The van der Waals surface area contributed by atoms with Gasteiger partial charge in [-0.1, -0.05) is 30.3 Å². The van der Waals surface area contributed by atoms with Gasteiger partial charge in [-0.2, -0.15) is 10.4 Å². The maximum Gasteiger partial charge on any atom is 0.256 e. The van der Waals surface area contributed by atoms with E-state index < -0.39 is 6.10 Å². The molecule has 1 saturated heterocycles. The fraction of sp³-hybridized carbons (Fsp3) is 0.233. The van der Waals surface area contributed by atoms with E-state index in [1.54, 1.807) is 28.7 Å². The van der Waals surface area contributed by atoms with Crippen molar-refractivity contribution in [3.8, 4) is 28.3 Å². The van der Waals surface area contributed by atoms with Crippen LogP contribution in [0.2, 0.25) is 0 Å². The maximum absolute atomic E-state index is 13.2. The molecule has 11 heteroatoms. The number of aryl methyl sites for hydroxylation is 1. The van der Waals surface area contributed by atoms with Gasteiger partial charge >= 0.3 is 0 Å². The number of rotatable bonds is 6. The summed E-state index contributed by atoms with van der Waals surface area (Å²) in [5, 5.41) is 18.5. The Morgan fingerprint density at radius 2 is 1.80 bits per heavy atom. The SMILES string of the molecule is CO[C@H](C(=O)N1CCN(c2ccc(-c3cc(-c4cnn(C)c4)cn4nc(N)c(C#N)c34)cn2)CC1)c1ccccc1. The number of ether oxygens (including phenoxy) is 1. The lowest BCUT2D eigenvalue weighted by Crippen LogP contribution is -2.50. The van der Waals surface area contributed by atoms with E-state index in [4.69, 9.17) is 15.5 Å². The zero-order valence-corrected chi connectivity index (χ0v) is 22.8. The zero-order valence-electron chi connectivity index (χ0n) is 22.8. The predicted octanol–water partition coefficient (Wildman–Crippen LogP) is 3.29. The van der Waals surface area contributed by atoms with E-state index in [2.05, 4.69) is 21.2 Å². The first-order chi connectivity index (χ1) is 20.0. The maximum atomic E-state index is 13.2. The number of amides is 1. The number of hydrogen-bond acceptors (Lipinski definition) is 8. The van der Waals surface area contributed by atoms with Crippen LogP contribution in [-0.4, -0.2) is 68.5 Å². The Balaban J connectivity index is 1.23. The van der Waals surface area contributed by atoms with Gasteiger partial charge in [0.25, 0.3) is 5.91 Å². The van der Waals surface area contributed by atoms with Crippen LogP contribution >= 0.6 is 0 Å². The van der Waals surface area contributed by atoms with Crippen LogP contribution in [0.25, 0.3) is 27.8 Å². The normalized spacial score (nSPS) is 14.3. The molecule has 0 saturated carbocycles.